The van der Waals surface area contributed by atoms with Gasteiger partial charge in [-0.3, -0.25) is 9.59 Å². The smallest absolute Gasteiger partial charge is 0.279 e. The summed E-state index contributed by atoms with van der Waals surface area (Å²) in [5, 5.41) is 11.3. The van der Waals surface area contributed by atoms with Crippen LogP contribution >= 0.6 is 11.3 Å². The summed E-state index contributed by atoms with van der Waals surface area (Å²) >= 11 is 1.55. The maximum absolute atomic E-state index is 12.6. The first-order valence-corrected chi connectivity index (χ1v) is 8.16. The summed E-state index contributed by atoms with van der Waals surface area (Å²) in [4.78, 5) is 26.3. The van der Waals surface area contributed by atoms with Crippen LogP contribution in [0.4, 0.5) is 0 Å². The lowest BCUT2D eigenvalue weighted by Gasteiger charge is -2.10. The number of carbonyl (C=O) groups is 1. The third-order valence-corrected chi connectivity index (χ3v) is 4.94. The fourth-order valence-corrected chi connectivity index (χ4v) is 3.89. The average Bonchev–Trinajstić information content (AvgIpc) is 2.89. The summed E-state index contributed by atoms with van der Waals surface area (Å²) in [5.74, 6) is -0.267. The van der Waals surface area contributed by atoms with E-state index in [9.17, 15) is 9.59 Å². The van der Waals surface area contributed by atoms with Crippen molar-refractivity contribution in [3.63, 3.8) is 0 Å². The number of ether oxygens (including phenoxy) is 1. The van der Waals surface area contributed by atoms with Gasteiger partial charge in [0.1, 0.15) is 6.54 Å². The molecule has 0 radical (unpaired) electrons. The number of aryl methyl sites for hydroxylation is 2. The van der Waals surface area contributed by atoms with Crippen molar-refractivity contribution in [2.75, 3.05) is 20.3 Å². The van der Waals surface area contributed by atoms with Crippen LogP contribution in [0.3, 0.4) is 0 Å². The zero-order valence-corrected chi connectivity index (χ0v) is 13.2. The molecule has 7 nitrogen and oxygen atoms in total. The molecule has 8 heteroatoms. The molecule has 0 aliphatic heterocycles. The molecule has 0 saturated heterocycles. The van der Waals surface area contributed by atoms with Gasteiger partial charge in [-0.2, -0.15) is 0 Å². The van der Waals surface area contributed by atoms with E-state index in [1.54, 1.807) is 18.4 Å². The second-order valence-corrected chi connectivity index (χ2v) is 6.37. The summed E-state index contributed by atoms with van der Waals surface area (Å²) in [6.07, 6.45) is 4.17. The Morgan fingerprint density at radius 3 is 3.05 bits per heavy atom. The van der Waals surface area contributed by atoms with Gasteiger partial charge in [0.25, 0.3) is 5.56 Å². The number of methoxy groups -OCH3 is 1. The van der Waals surface area contributed by atoms with Crippen LogP contribution in [0, 0.1) is 0 Å². The molecule has 3 rings (SSSR count). The topological polar surface area (TPSA) is 86.1 Å². The quantitative estimate of drug-likeness (QED) is 0.810. The van der Waals surface area contributed by atoms with Gasteiger partial charge in [-0.05, 0) is 31.2 Å². The van der Waals surface area contributed by atoms with Crippen molar-refractivity contribution in [1.82, 2.24) is 20.3 Å². The predicted molar refractivity (Wildman–Crippen MR) is 83.2 cm³/mol. The molecule has 0 spiro atoms. The molecule has 22 heavy (non-hydrogen) atoms. The van der Waals surface area contributed by atoms with Crippen LogP contribution in [0.2, 0.25) is 0 Å². The normalized spacial score (nSPS) is 14.0. The standard InChI is InChI=1S/C14H18N4O3S/c1-21-7-6-15-11(19)8-18-14(20)12-9-4-2-3-5-10(9)22-13(12)16-17-18/h2-8H2,1H3,(H,15,19). The first-order chi connectivity index (χ1) is 10.7. The van der Waals surface area contributed by atoms with Crippen molar-refractivity contribution < 1.29 is 9.53 Å². The summed E-state index contributed by atoms with van der Waals surface area (Å²) in [7, 11) is 1.57. The van der Waals surface area contributed by atoms with E-state index in [1.165, 1.54) is 4.88 Å². The third-order valence-electron chi connectivity index (χ3n) is 3.77. The van der Waals surface area contributed by atoms with Crippen LogP contribution in [-0.4, -0.2) is 41.2 Å². The highest BCUT2D eigenvalue weighted by Gasteiger charge is 2.21. The minimum absolute atomic E-state index is 0.115. The van der Waals surface area contributed by atoms with Gasteiger partial charge in [0.05, 0.1) is 12.0 Å². The second kappa shape index (κ2) is 6.53. The van der Waals surface area contributed by atoms with E-state index in [-0.39, 0.29) is 18.0 Å². The molecule has 1 amide bonds. The van der Waals surface area contributed by atoms with Crippen LogP contribution in [0.5, 0.6) is 0 Å². The number of thiophene rings is 1. The number of aromatic nitrogens is 3. The molecule has 1 aliphatic carbocycles. The molecule has 118 valence electrons. The molecule has 0 aromatic carbocycles. The van der Waals surface area contributed by atoms with E-state index in [0.29, 0.717) is 23.4 Å². The predicted octanol–water partition coefficient (Wildman–Crippen LogP) is 0.494. The van der Waals surface area contributed by atoms with Gasteiger partial charge in [-0.15, -0.1) is 16.4 Å². The molecule has 0 unspecified atom stereocenters. The lowest BCUT2D eigenvalue weighted by atomic mass is 9.97. The Balaban J connectivity index is 1.87. The maximum Gasteiger partial charge on any atom is 0.279 e. The van der Waals surface area contributed by atoms with Crippen molar-refractivity contribution >= 4 is 27.5 Å². The van der Waals surface area contributed by atoms with E-state index in [0.717, 1.165) is 35.9 Å². The molecule has 2 heterocycles. The van der Waals surface area contributed by atoms with Crippen molar-refractivity contribution in [3.8, 4) is 0 Å². The molecule has 0 saturated carbocycles. The van der Waals surface area contributed by atoms with Crippen molar-refractivity contribution in [1.29, 1.82) is 0 Å². The van der Waals surface area contributed by atoms with Crippen LogP contribution in [0.1, 0.15) is 23.3 Å². The molecule has 0 atom stereocenters. The van der Waals surface area contributed by atoms with Crippen molar-refractivity contribution in [3.05, 3.63) is 20.8 Å². The van der Waals surface area contributed by atoms with E-state index in [4.69, 9.17) is 4.74 Å². The monoisotopic (exact) mass is 322 g/mol. The zero-order chi connectivity index (χ0) is 15.5. The van der Waals surface area contributed by atoms with Gasteiger partial charge in [0, 0.05) is 18.5 Å². The number of rotatable bonds is 5. The maximum atomic E-state index is 12.6. The number of carbonyl (C=O) groups excluding carboxylic acids is 1. The highest BCUT2D eigenvalue weighted by atomic mass is 32.1. The van der Waals surface area contributed by atoms with Gasteiger partial charge in [0.2, 0.25) is 5.91 Å². The molecular formula is C14H18N4O3S. The van der Waals surface area contributed by atoms with E-state index in [2.05, 4.69) is 15.6 Å². The number of nitrogens with zero attached hydrogens (tertiary/aromatic N) is 3. The highest BCUT2D eigenvalue weighted by molar-refractivity contribution is 7.18. The van der Waals surface area contributed by atoms with Gasteiger partial charge in [-0.25, -0.2) is 4.68 Å². The van der Waals surface area contributed by atoms with Crippen molar-refractivity contribution in [2.45, 2.75) is 32.2 Å². The minimum Gasteiger partial charge on any atom is -0.383 e. The van der Waals surface area contributed by atoms with Crippen LogP contribution in [0.25, 0.3) is 10.2 Å². The first-order valence-electron chi connectivity index (χ1n) is 7.34. The van der Waals surface area contributed by atoms with E-state index in [1.807, 2.05) is 0 Å². The average molecular weight is 322 g/mol. The second-order valence-electron chi connectivity index (χ2n) is 5.29. The summed E-state index contributed by atoms with van der Waals surface area (Å²) in [6.45, 7) is 0.729. The lowest BCUT2D eigenvalue weighted by molar-refractivity contribution is -0.122. The van der Waals surface area contributed by atoms with Crippen LogP contribution < -0.4 is 10.9 Å². The molecule has 2 aromatic rings. The van der Waals surface area contributed by atoms with Gasteiger partial charge in [0.15, 0.2) is 4.83 Å². The first kappa shape index (κ1) is 15.1. The molecular weight excluding hydrogens is 304 g/mol. The summed E-state index contributed by atoms with van der Waals surface area (Å²) in [6, 6.07) is 0. The fourth-order valence-electron chi connectivity index (χ4n) is 2.69. The Bertz CT molecular complexity index is 752. The summed E-state index contributed by atoms with van der Waals surface area (Å²) in [5.41, 5.74) is 0.894. The van der Waals surface area contributed by atoms with Gasteiger partial charge >= 0.3 is 0 Å². The van der Waals surface area contributed by atoms with Gasteiger partial charge < -0.3 is 10.1 Å². The van der Waals surface area contributed by atoms with Crippen LogP contribution in [-0.2, 0) is 28.9 Å². The number of amides is 1. The molecule has 1 N–H and O–H groups in total. The summed E-state index contributed by atoms with van der Waals surface area (Å²) < 4.78 is 6.01. The van der Waals surface area contributed by atoms with Crippen molar-refractivity contribution in [2.24, 2.45) is 0 Å². The molecule has 2 aromatic heterocycles. The van der Waals surface area contributed by atoms with Crippen LogP contribution in [0.15, 0.2) is 4.79 Å². The Morgan fingerprint density at radius 2 is 2.23 bits per heavy atom. The molecule has 0 fully saturated rings. The highest BCUT2D eigenvalue weighted by Crippen LogP contribution is 2.32. The van der Waals surface area contributed by atoms with Gasteiger partial charge in [-0.1, -0.05) is 5.21 Å². The largest absolute Gasteiger partial charge is 0.383 e. The number of fused-ring (bicyclic) bond motifs is 3. The zero-order valence-electron chi connectivity index (χ0n) is 12.4. The SMILES string of the molecule is COCCNC(=O)Cn1nnc2sc3c(c2c1=O)CCCC3. The molecule has 1 aliphatic rings. The van der Waals surface area contributed by atoms with E-state index >= 15 is 0 Å². The Morgan fingerprint density at radius 1 is 1.41 bits per heavy atom. The Labute approximate surface area is 131 Å². The minimum atomic E-state index is -0.267. The molecule has 0 bridgehead atoms. The van der Waals surface area contributed by atoms with E-state index < -0.39 is 0 Å². The Kier molecular flexibility index (Phi) is 4.49. The number of hydrogen-bond donors (Lipinski definition) is 1. The number of hydrogen-bond acceptors (Lipinski definition) is 6. The third kappa shape index (κ3) is 2.89. The fraction of sp³-hybridized carbons (Fsp3) is 0.571. The number of nitrogens with one attached hydrogen (secondary N) is 1. The Hall–Kier alpha value is -1.80. The lowest BCUT2D eigenvalue weighted by Crippen LogP contribution is -2.35.